The third-order valence-electron chi connectivity index (χ3n) is 3.27. The molecule has 2 N–H and O–H groups in total. The van der Waals surface area contributed by atoms with Crippen LogP contribution in [0.5, 0.6) is 0 Å². The maximum absolute atomic E-state index is 13.2. The summed E-state index contributed by atoms with van der Waals surface area (Å²) in [4.78, 5) is 14.3. The molecule has 1 heterocycles. The number of nitrogens with zero attached hydrogens (tertiary/aromatic N) is 1. The van der Waals surface area contributed by atoms with Crippen LogP contribution in [0.3, 0.4) is 0 Å². The maximum Gasteiger partial charge on any atom is 0.251 e. The van der Waals surface area contributed by atoms with Gasteiger partial charge in [0, 0.05) is 42.8 Å². The van der Waals surface area contributed by atoms with Crippen molar-refractivity contribution >= 4 is 21.8 Å². The van der Waals surface area contributed by atoms with E-state index < -0.39 is 5.82 Å². The molecule has 0 aliphatic carbocycles. The average molecular weight is 344 g/mol. The summed E-state index contributed by atoms with van der Waals surface area (Å²) in [7, 11) is 0. The number of benzene rings is 1. The van der Waals surface area contributed by atoms with Gasteiger partial charge in [0.05, 0.1) is 0 Å². The van der Waals surface area contributed by atoms with E-state index in [0.717, 1.165) is 39.1 Å². The molecule has 0 aromatic heterocycles. The van der Waals surface area contributed by atoms with Crippen LogP contribution in [0.15, 0.2) is 22.7 Å². The molecule has 1 amide bonds. The van der Waals surface area contributed by atoms with Crippen LogP contribution in [0.4, 0.5) is 4.39 Å². The highest BCUT2D eigenvalue weighted by atomic mass is 79.9. The van der Waals surface area contributed by atoms with Crippen molar-refractivity contribution in [1.29, 1.82) is 0 Å². The summed E-state index contributed by atoms with van der Waals surface area (Å²) in [5.41, 5.74) is 0.346. The number of carbonyl (C=O) groups excluding carboxylic acids is 1. The van der Waals surface area contributed by atoms with Gasteiger partial charge < -0.3 is 15.5 Å². The molecule has 1 saturated heterocycles. The van der Waals surface area contributed by atoms with Crippen LogP contribution in [0.25, 0.3) is 0 Å². The molecule has 1 aliphatic heterocycles. The summed E-state index contributed by atoms with van der Waals surface area (Å²) < 4.78 is 13.8. The van der Waals surface area contributed by atoms with Crippen LogP contribution >= 0.6 is 15.9 Å². The lowest BCUT2D eigenvalue weighted by Gasteiger charge is -2.27. The highest BCUT2D eigenvalue weighted by molar-refractivity contribution is 9.10. The predicted octanol–water partition coefficient (Wildman–Crippen LogP) is 1.61. The van der Waals surface area contributed by atoms with Crippen molar-refractivity contribution in [1.82, 2.24) is 15.5 Å². The predicted molar refractivity (Wildman–Crippen MR) is 80.4 cm³/mol. The molecule has 110 valence electrons. The molecule has 1 aliphatic rings. The number of hydrogen-bond acceptors (Lipinski definition) is 3. The highest BCUT2D eigenvalue weighted by Gasteiger charge is 2.10. The van der Waals surface area contributed by atoms with Crippen LogP contribution in [0.1, 0.15) is 16.8 Å². The van der Waals surface area contributed by atoms with E-state index in [2.05, 4.69) is 31.5 Å². The molecule has 0 atom stereocenters. The molecule has 6 heteroatoms. The van der Waals surface area contributed by atoms with Crippen molar-refractivity contribution in [2.24, 2.45) is 0 Å². The van der Waals surface area contributed by atoms with E-state index in [0.29, 0.717) is 16.6 Å². The summed E-state index contributed by atoms with van der Waals surface area (Å²) in [5, 5.41) is 6.13. The molecular formula is C14H19BrFN3O. The first kappa shape index (κ1) is 15.4. The molecule has 1 aromatic rings. The lowest BCUT2D eigenvalue weighted by molar-refractivity contribution is 0.0950. The third-order valence-corrected chi connectivity index (χ3v) is 3.73. The van der Waals surface area contributed by atoms with Crippen LogP contribution in [-0.4, -0.2) is 50.1 Å². The van der Waals surface area contributed by atoms with Gasteiger partial charge >= 0.3 is 0 Å². The zero-order valence-electron chi connectivity index (χ0n) is 11.3. The maximum atomic E-state index is 13.2. The largest absolute Gasteiger partial charge is 0.352 e. The van der Waals surface area contributed by atoms with Crippen molar-refractivity contribution in [2.45, 2.75) is 6.42 Å². The molecular weight excluding hydrogens is 325 g/mol. The van der Waals surface area contributed by atoms with E-state index in [-0.39, 0.29) is 5.91 Å². The molecule has 1 aromatic carbocycles. The Labute approximate surface area is 126 Å². The minimum Gasteiger partial charge on any atom is -0.352 e. The molecule has 0 radical (unpaired) electrons. The number of halogens is 2. The van der Waals surface area contributed by atoms with Crippen molar-refractivity contribution in [3.63, 3.8) is 0 Å². The smallest absolute Gasteiger partial charge is 0.251 e. The molecule has 0 saturated carbocycles. The van der Waals surface area contributed by atoms with Crippen molar-refractivity contribution < 1.29 is 9.18 Å². The zero-order chi connectivity index (χ0) is 14.4. The van der Waals surface area contributed by atoms with Gasteiger partial charge in [0.25, 0.3) is 5.91 Å². The topological polar surface area (TPSA) is 44.4 Å². The van der Waals surface area contributed by atoms with Crippen molar-refractivity contribution in [3.05, 3.63) is 34.1 Å². The van der Waals surface area contributed by atoms with E-state index >= 15 is 0 Å². The quantitative estimate of drug-likeness (QED) is 0.798. The van der Waals surface area contributed by atoms with Gasteiger partial charge in [0.2, 0.25) is 0 Å². The summed E-state index contributed by atoms with van der Waals surface area (Å²) in [6.45, 7) is 5.77. The summed E-state index contributed by atoms with van der Waals surface area (Å²) in [6, 6.07) is 4.20. The van der Waals surface area contributed by atoms with Gasteiger partial charge in [0.15, 0.2) is 0 Å². The van der Waals surface area contributed by atoms with Gasteiger partial charge in [-0.15, -0.1) is 0 Å². The van der Waals surface area contributed by atoms with Gasteiger partial charge in [0.1, 0.15) is 5.82 Å². The second-order valence-electron chi connectivity index (χ2n) is 4.86. The Hall–Kier alpha value is -0.980. The molecule has 0 unspecified atom stereocenters. The fourth-order valence-corrected chi connectivity index (χ4v) is 2.69. The second kappa shape index (κ2) is 7.71. The summed E-state index contributed by atoms with van der Waals surface area (Å²) in [6.07, 6.45) is 0.905. The number of piperazine rings is 1. The number of carbonyl (C=O) groups is 1. The first-order valence-electron chi connectivity index (χ1n) is 6.82. The Morgan fingerprint density at radius 3 is 2.80 bits per heavy atom. The van der Waals surface area contributed by atoms with Crippen molar-refractivity contribution in [2.75, 3.05) is 39.3 Å². The first-order chi connectivity index (χ1) is 9.65. The number of nitrogens with one attached hydrogen (secondary N) is 2. The molecule has 1 fully saturated rings. The number of amides is 1. The standard InChI is InChI=1S/C14H19BrFN3O/c15-12-8-11(9-13(16)10-12)14(20)18-2-1-5-19-6-3-17-4-7-19/h8-10,17H,1-7H2,(H,18,20). The average Bonchev–Trinajstić information content (AvgIpc) is 2.43. The SMILES string of the molecule is O=C(NCCCN1CCNCC1)c1cc(F)cc(Br)c1. The minimum absolute atomic E-state index is 0.231. The molecule has 2 rings (SSSR count). The van der Waals surface area contributed by atoms with Crippen LogP contribution in [0.2, 0.25) is 0 Å². The molecule has 0 bridgehead atoms. The normalized spacial score (nSPS) is 16.1. The van der Waals surface area contributed by atoms with Gasteiger partial charge in [-0.25, -0.2) is 4.39 Å². The Morgan fingerprint density at radius 2 is 2.10 bits per heavy atom. The van der Waals surface area contributed by atoms with Gasteiger partial charge in [-0.1, -0.05) is 15.9 Å². The van der Waals surface area contributed by atoms with Crippen LogP contribution in [0, 0.1) is 5.82 Å². The zero-order valence-corrected chi connectivity index (χ0v) is 12.9. The molecule has 4 nitrogen and oxygen atoms in total. The second-order valence-corrected chi connectivity index (χ2v) is 5.77. The van der Waals surface area contributed by atoms with Gasteiger partial charge in [-0.2, -0.15) is 0 Å². The highest BCUT2D eigenvalue weighted by Crippen LogP contribution is 2.14. The van der Waals surface area contributed by atoms with E-state index in [4.69, 9.17) is 0 Å². The lowest BCUT2D eigenvalue weighted by atomic mass is 10.2. The number of hydrogen-bond donors (Lipinski definition) is 2. The van der Waals surface area contributed by atoms with E-state index in [1.165, 1.54) is 12.1 Å². The monoisotopic (exact) mass is 343 g/mol. The van der Waals surface area contributed by atoms with Crippen LogP contribution < -0.4 is 10.6 Å². The summed E-state index contributed by atoms with van der Waals surface area (Å²) >= 11 is 3.18. The van der Waals surface area contributed by atoms with Crippen molar-refractivity contribution in [3.8, 4) is 0 Å². The van der Waals surface area contributed by atoms with E-state index in [9.17, 15) is 9.18 Å². The van der Waals surface area contributed by atoms with E-state index in [1.54, 1.807) is 6.07 Å². The van der Waals surface area contributed by atoms with Gasteiger partial charge in [-0.3, -0.25) is 4.79 Å². The van der Waals surface area contributed by atoms with E-state index in [1.807, 2.05) is 0 Å². The first-order valence-corrected chi connectivity index (χ1v) is 7.62. The van der Waals surface area contributed by atoms with Gasteiger partial charge in [-0.05, 0) is 31.2 Å². The molecule has 0 spiro atoms. The Kier molecular flexibility index (Phi) is 5.94. The minimum atomic E-state index is -0.412. The fourth-order valence-electron chi connectivity index (χ4n) is 2.23. The lowest BCUT2D eigenvalue weighted by Crippen LogP contribution is -2.44. The third kappa shape index (κ3) is 4.85. The Bertz CT molecular complexity index is 443. The Morgan fingerprint density at radius 1 is 1.35 bits per heavy atom. The summed E-state index contributed by atoms with van der Waals surface area (Å²) in [5.74, 6) is -0.643. The molecule has 20 heavy (non-hydrogen) atoms. The fraction of sp³-hybridized carbons (Fsp3) is 0.500. The number of rotatable bonds is 5. The Balaban J connectivity index is 1.71. The van der Waals surface area contributed by atoms with Crippen LogP contribution in [-0.2, 0) is 0 Å².